The summed E-state index contributed by atoms with van der Waals surface area (Å²) in [6, 6.07) is 6.55. The maximum Gasteiger partial charge on any atom is 0.251 e. The van der Waals surface area contributed by atoms with Gasteiger partial charge >= 0.3 is 0 Å². The van der Waals surface area contributed by atoms with Gasteiger partial charge in [0, 0.05) is 18.4 Å². The van der Waals surface area contributed by atoms with E-state index < -0.39 is 12.1 Å². The largest absolute Gasteiger partial charge is 0.493 e. The van der Waals surface area contributed by atoms with E-state index in [9.17, 15) is 9.59 Å². The molecule has 0 saturated carbocycles. The Morgan fingerprint density at radius 1 is 1.24 bits per heavy atom. The van der Waals surface area contributed by atoms with Crippen molar-refractivity contribution in [2.24, 2.45) is 0 Å². The van der Waals surface area contributed by atoms with E-state index in [0.29, 0.717) is 23.6 Å². The van der Waals surface area contributed by atoms with E-state index >= 15 is 0 Å². The summed E-state index contributed by atoms with van der Waals surface area (Å²) in [7, 11) is 3.07. The summed E-state index contributed by atoms with van der Waals surface area (Å²) in [5.41, 5.74) is 3.58. The fourth-order valence-corrected chi connectivity index (χ4v) is 3.28. The number of benzene rings is 1. The highest BCUT2D eigenvalue weighted by molar-refractivity contribution is 5.86. The molecule has 2 amide bonds. The van der Waals surface area contributed by atoms with Crippen LogP contribution in [0, 0.1) is 13.8 Å². The van der Waals surface area contributed by atoms with Gasteiger partial charge in [-0.25, -0.2) is 0 Å². The van der Waals surface area contributed by atoms with E-state index in [1.54, 1.807) is 31.5 Å². The minimum Gasteiger partial charge on any atom is -0.493 e. The molecule has 2 N–H and O–H groups in total. The fraction of sp³-hybridized carbons (Fsp3) is 0.381. The summed E-state index contributed by atoms with van der Waals surface area (Å²) in [5.74, 6) is 0.463. The number of rotatable bonds is 6. The van der Waals surface area contributed by atoms with Crippen LogP contribution in [-0.2, 0) is 20.9 Å². The second-order valence-corrected chi connectivity index (χ2v) is 6.86. The second-order valence-electron chi connectivity index (χ2n) is 6.86. The van der Waals surface area contributed by atoms with Crippen molar-refractivity contribution in [3.63, 3.8) is 0 Å². The van der Waals surface area contributed by atoms with Crippen LogP contribution < -0.4 is 20.1 Å². The number of pyridine rings is 1. The van der Waals surface area contributed by atoms with Crippen molar-refractivity contribution in [1.29, 1.82) is 0 Å². The number of nitrogens with one attached hydrogen (secondary N) is 2. The van der Waals surface area contributed by atoms with E-state index in [-0.39, 0.29) is 18.4 Å². The summed E-state index contributed by atoms with van der Waals surface area (Å²) in [6.45, 7) is 4.04. The molecule has 8 heteroatoms. The predicted molar refractivity (Wildman–Crippen MR) is 106 cm³/mol. The van der Waals surface area contributed by atoms with Crippen molar-refractivity contribution in [3.05, 3.63) is 52.8 Å². The number of ether oxygens (including phenoxy) is 3. The van der Waals surface area contributed by atoms with Gasteiger partial charge in [-0.3, -0.25) is 14.6 Å². The van der Waals surface area contributed by atoms with Crippen LogP contribution in [0.15, 0.2) is 30.5 Å². The Balaban J connectivity index is 1.78. The highest BCUT2D eigenvalue weighted by atomic mass is 16.5. The van der Waals surface area contributed by atoms with Crippen molar-refractivity contribution in [3.8, 4) is 11.5 Å². The van der Waals surface area contributed by atoms with Gasteiger partial charge in [0.05, 0.1) is 20.3 Å². The summed E-state index contributed by atoms with van der Waals surface area (Å²) in [6.07, 6.45) is 0.879. The molecule has 29 heavy (non-hydrogen) atoms. The van der Waals surface area contributed by atoms with Gasteiger partial charge in [-0.05, 0) is 48.7 Å². The number of morpholine rings is 1. The van der Waals surface area contributed by atoms with Crippen LogP contribution in [0.5, 0.6) is 11.5 Å². The summed E-state index contributed by atoms with van der Waals surface area (Å²) < 4.78 is 16.2. The number of nitrogens with zero attached hydrogens (tertiary/aromatic N) is 1. The number of aromatic nitrogens is 1. The Bertz CT molecular complexity index is 915. The first kappa shape index (κ1) is 20.6. The first-order valence-corrected chi connectivity index (χ1v) is 9.25. The van der Waals surface area contributed by atoms with Crippen LogP contribution >= 0.6 is 0 Å². The van der Waals surface area contributed by atoms with Gasteiger partial charge in [-0.15, -0.1) is 0 Å². The molecule has 1 aliphatic rings. The fourth-order valence-electron chi connectivity index (χ4n) is 3.28. The third kappa shape index (κ3) is 4.65. The molecule has 0 aliphatic carbocycles. The van der Waals surface area contributed by atoms with Crippen molar-refractivity contribution in [1.82, 2.24) is 15.6 Å². The van der Waals surface area contributed by atoms with Crippen LogP contribution in [0.1, 0.15) is 28.4 Å². The van der Waals surface area contributed by atoms with E-state index in [2.05, 4.69) is 15.6 Å². The van der Waals surface area contributed by atoms with Gasteiger partial charge in [-0.2, -0.15) is 0 Å². The number of carbonyl (C=O) groups is 2. The molecule has 1 aromatic heterocycles. The second kappa shape index (κ2) is 8.91. The van der Waals surface area contributed by atoms with Crippen LogP contribution in [0.3, 0.4) is 0 Å². The van der Waals surface area contributed by atoms with Gasteiger partial charge < -0.3 is 24.8 Å². The monoisotopic (exact) mass is 399 g/mol. The van der Waals surface area contributed by atoms with Crippen molar-refractivity contribution in [2.75, 3.05) is 20.8 Å². The number of methoxy groups -OCH3 is 2. The van der Waals surface area contributed by atoms with Crippen LogP contribution in [0.4, 0.5) is 0 Å². The molecule has 0 bridgehead atoms. The molecule has 2 heterocycles. The minimum atomic E-state index is -0.871. The van der Waals surface area contributed by atoms with Crippen molar-refractivity contribution < 1.29 is 23.8 Å². The van der Waals surface area contributed by atoms with Crippen LogP contribution in [-0.4, -0.2) is 43.7 Å². The standard InChI is InChI=1S/C21H25N3O5/c1-12-7-13(2)22-9-15(12)10-23-21(26)20-19(24-18(25)11-29-20)14-5-6-16(27-3)17(8-14)28-4/h5-9,19-20H,10-11H2,1-4H3,(H,23,26)(H,24,25)/t19-,20+/m1/s1. The lowest BCUT2D eigenvalue weighted by molar-refractivity contribution is -0.148. The van der Waals surface area contributed by atoms with Gasteiger partial charge in [0.25, 0.3) is 5.91 Å². The number of hydrogen-bond donors (Lipinski definition) is 2. The van der Waals surface area contributed by atoms with E-state index in [1.165, 1.54) is 7.11 Å². The zero-order chi connectivity index (χ0) is 21.0. The SMILES string of the molecule is COc1ccc([C@H]2NC(=O)CO[C@@H]2C(=O)NCc2cnc(C)cc2C)cc1OC. The van der Waals surface area contributed by atoms with Gasteiger partial charge in [-0.1, -0.05) is 6.07 Å². The average Bonchev–Trinajstić information content (AvgIpc) is 2.72. The average molecular weight is 399 g/mol. The van der Waals surface area contributed by atoms with Gasteiger partial charge in [0.15, 0.2) is 17.6 Å². The smallest absolute Gasteiger partial charge is 0.251 e. The third-order valence-corrected chi connectivity index (χ3v) is 4.85. The summed E-state index contributed by atoms with van der Waals surface area (Å²) >= 11 is 0. The van der Waals surface area contributed by atoms with Gasteiger partial charge in [0.1, 0.15) is 6.61 Å². The molecule has 2 aromatic rings. The topological polar surface area (TPSA) is 98.8 Å². The molecule has 1 fully saturated rings. The number of carbonyl (C=O) groups excluding carboxylic acids is 2. The van der Waals surface area contributed by atoms with Crippen molar-refractivity contribution in [2.45, 2.75) is 32.5 Å². The first-order chi connectivity index (χ1) is 13.9. The van der Waals surface area contributed by atoms with Gasteiger partial charge in [0.2, 0.25) is 5.91 Å². The number of hydrogen-bond acceptors (Lipinski definition) is 6. The van der Waals surface area contributed by atoms with E-state index in [1.807, 2.05) is 19.9 Å². The predicted octanol–water partition coefficient (Wildman–Crippen LogP) is 1.59. The van der Waals surface area contributed by atoms with E-state index in [0.717, 1.165) is 16.8 Å². The first-order valence-electron chi connectivity index (χ1n) is 9.25. The molecule has 2 atom stereocenters. The molecule has 1 saturated heterocycles. The minimum absolute atomic E-state index is 0.174. The highest BCUT2D eigenvalue weighted by Crippen LogP contribution is 2.32. The molecular weight excluding hydrogens is 374 g/mol. The van der Waals surface area contributed by atoms with Crippen LogP contribution in [0.25, 0.3) is 0 Å². The normalized spacial score (nSPS) is 18.7. The molecule has 1 aliphatic heterocycles. The third-order valence-electron chi connectivity index (χ3n) is 4.85. The molecule has 0 spiro atoms. The summed E-state index contributed by atoms with van der Waals surface area (Å²) in [4.78, 5) is 29.0. The zero-order valence-electron chi connectivity index (χ0n) is 16.9. The lowest BCUT2D eigenvalue weighted by Crippen LogP contribution is -2.52. The Kier molecular flexibility index (Phi) is 6.33. The summed E-state index contributed by atoms with van der Waals surface area (Å²) in [5, 5.41) is 5.72. The molecule has 3 rings (SSSR count). The highest BCUT2D eigenvalue weighted by Gasteiger charge is 2.36. The van der Waals surface area contributed by atoms with Crippen LogP contribution in [0.2, 0.25) is 0 Å². The Hall–Kier alpha value is -3.13. The molecule has 1 aromatic carbocycles. The Morgan fingerprint density at radius 3 is 2.69 bits per heavy atom. The number of amides is 2. The quantitative estimate of drug-likeness (QED) is 0.765. The molecule has 154 valence electrons. The van der Waals surface area contributed by atoms with Crippen molar-refractivity contribution >= 4 is 11.8 Å². The Morgan fingerprint density at radius 2 is 2.00 bits per heavy atom. The molecule has 8 nitrogen and oxygen atoms in total. The lowest BCUT2D eigenvalue weighted by atomic mass is 9.98. The molecule has 0 unspecified atom stereocenters. The maximum absolute atomic E-state index is 12.9. The zero-order valence-corrected chi connectivity index (χ0v) is 16.9. The number of aryl methyl sites for hydroxylation is 2. The Labute approximate surface area is 169 Å². The molecule has 0 radical (unpaired) electrons. The lowest BCUT2D eigenvalue weighted by Gasteiger charge is -2.32. The molecular formula is C21H25N3O5. The van der Waals surface area contributed by atoms with E-state index in [4.69, 9.17) is 14.2 Å². The maximum atomic E-state index is 12.9.